The fraction of sp³-hybridized carbons (Fsp3) is 0. The lowest BCUT2D eigenvalue weighted by Crippen LogP contribution is -1.87. The third-order valence-corrected chi connectivity index (χ3v) is 3.88. The molecule has 5 N–H and O–H groups in total. The second kappa shape index (κ2) is 7.01. The van der Waals surface area contributed by atoms with E-state index in [1.807, 2.05) is 60.1 Å². The minimum atomic E-state index is 0.768. The highest BCUT2D eigenvalue weighted by Gasteiger charge is 1.97. The van der Waals surface area contributed by atoms with Crippen LogP contribution in [-0.2, 0) is 0 Å². The molecule has 0 unspecified atom stereocenters. The molecule has 5 heteroatoms. The van der Waals surface area contributed by atoms with Gasteiger partial charge in [-0.25, -0.2) is 0 Å². The molecule has 2 aromatic rings. The van der Waals surface area contributed by atoms with Crippen molar-refractivity contribution in [1.29, 1.82) is 0 Å². The summed E-state index contributed by atoms with van der Waals surface area (Å²) in [6, 6.07) is 15.5. The van der Waals surface area contributed by atoms with Crippen molar-refractivity contribution in [2.45, 2.75) is 0 Å². The van der Waals surface area contributed by atoms with Gasteiger partial charge in [0, 0.05) is 34.0 Å². The highest BCUT2D eigenvalue weighted by molar-refractivity contribution is 8.77. The Morgan fingerprint density at radius 3 is 1.74 bits per heavy atom. The van der Waals surface area contributed by atoms with Crippen molar-refractivity contribution in [2.24, 2.45) is 0 Å². The maximum atomic E-state index is 5.70. The van der Waals surface area contributed by atoms with Crippen LogP contribution in [0.5, 0.6) is 0 Å². The molecule has 2 aromatic carbocycles. The summed E-state index contributed by atoms with van der Waals surface area (Å²) in [5, 5.41) is 2.00. The van der Waals surface area contributed by atoms with Crippen LogP contribution in [0.2, 0.25) is 0 Å². The van der Waals surface area contributed by atoms with Gasteiger partial charge in [-0.15, -0.1) is 0 Å². The van der Waals surface area contributed by atoms with E-state index in [0.29, 0.717) is 0 Å². The van der Waals surface area contributed by atoms with Crippen LogP contribution in [0.25, 0.3) is 11.1 Å². The van der Waals surface area contributed by atoms with Gasteiger partial charge in [0.15, 0.2) is 0 Å². The average molecular weight is 289 g/mol. The standard InChI is InChI=1S/C12H12N2.C2H3NS2/c13-11-5-1-3-9(7-11)10-4-2-6-12(14)8-10;1-2-4-5-3-1/h1-8H,13-14H2;1-3H. The molecule has 0 saturated carbocycles. The summed E-state index contributed by atoms with van der Waals surface area (Å²) in [5.74, 6) is 0. The molecular formula is C14H15N3S2. The first kappa shape index (κ1) is 13.7. The maximum Gasteiger partial charge on any atom is 0.0320 e. The Morgan fingerprint density at radius 2 is 1.42 bits per heavy atom. The topological polar surface area (TPSA) is 64.1 Å². The summed E-state index contributed by atoms with van der Waals surface area (Å²) in [4.78, 5) is 0. The third kappa shape index (κ3) is 4.46. The number of nitrogens with two attached hydrogens (primary N) is 2. The van der Waals surface area contributed by atoms with E-state index in [9.17, 15) is 0 Å². The molecule has 3 rings (SSSR count). The van der Waals surface area contributed by atoms with Crippen molar-refractivity contribution in [2.75, 3.05) is 11.5 Å². The van der Waals surface area contributed by atoms with Crippen LogP contribution < -0.4 is 16.2 Å². The molecule has 1 heterocycles. The Hall–Kier alpha value is -1.72. The van der Waals surface area contributed by atoms with Crippen molar-refractivity contribution < 1.29 is 0 Å². The lowest BCUT2D eigenvalue weighted by molar-refractivity contribution is 1.46. The molecule has 0 aromatic heterocycles. The Balaban J connectivity index is 0.000000224. The van der Waals surface area contributed by atoms with Crippen LogP contribution in [0, 0.1) is 0 Å². The SMILES string of the molecule is C1=CSSN1.Nc1cccc(-c2cccc(N)c2)c1. The molecule has 0 atom stereocenters. The zero-order valence-corrected chi connectivity index (χ0v) is 11.9. The molecule has 0 bridgehead atoms. The number of hydrogen-bond donors (Lipinski definition) is 3. The monoisotopic (exact) mass is 289 g/mol. The number of benzene rings is 2. The van der Waals surface area contributed by atoms with Crippen LogP contribution in [-0.4, -0.2) is 0 Å². The van der Waals surface area contributed by atoms with Gasteiger partial charge in [-0.05, 0) is 46.2 Å². The van der Waals surface area contributed by atoms with Crippen LogP contribution in [0.4, 0.5) is 11.4 Å². The summed E-state index contributed by atoms with van der Waals surface area (Å²) in [7, 11) is 3.33. The molecule has 0 saturated heterocycles. The summed E-state index contributed by atoms with van der Waals surface area (Å²) >= 11 is 0. The predicted octanol–water partition coefficient (Wildman–Crippen LogP) is 3.88. The van der Waals surface area contributed by atoms with E-state index in [2.05, 4.69) is 4.72 Å². The Labute approximate surface area is 121 Å². The highest BCUT2D eigenvalue weighted by atomic mass is 33.1. The first-order chi connectivity index (χ1) is 9.25. The van der Waals surface area contributed by atoms with Gasteiger partial charge in [0.05, 0.1) is 0 Å². The van der Waals surface area contributed by atoms with Gasteiger partial charge in [-0.3, -0.25) is 0 Å². The van der Waals surface area contributed by atoms with Crippen LogP contribution in [0.1, 0.15) is 0 Å². The number of nitrogen functional groups attached to an aromatic ring is 2. The molecule has 0 spiro atoms. The van der Waals surface area contributed by atoms with Gasteiger partial charge in [0.1, 0.15) is 0 Å². The van der Waals surface area contributed by atoms with Gasteiger partial charge in [0.2, 0.25) is 0 Å². The van der Waals surface area contributed by atoms with Crippen molar-refractivity contribution in [3.8, 4) is 11.1 Å². The van der Waals surface area contributed by atoms with Crippen LogP contribution in [0.15, 0.2) is 60.1 Å². The van der Waals surface area contributed by atoms with Crippen molar-refractivity contribution in [1.82, 2.24) is 4.72 Å². The fourth-order valence-corrected chi connectivity index (χ4v) is 2.69. The molecule has 3 nitrogen and oxygen atoms in total. The molecule has 0 aliphatic carbocycles. The van der Waals surface area contributed by atoms with Crippen LogP contribution >= 0.6 is 21.8 Å². The van der Waals surface area contributed by atoms with Gasteiger partial charge in [-0.1, -0.05) is 24.3 Å². The first-order valence-electron chi connectivity index (χ1n) is 5.70. The Morgan fingerprint density at radius 1 is 0.842 bits per heavy atom. The quantitative estimate of drug-likeness (QED) is 0.422. The van der Waals surface area contributed by atoms with Crippen LogP contribution in [0.3, 0.4) is 0 Å². The minimum Gasteiger partial charge on any atom is -0.399 e. The van der Waals surface area contributed by atoms with Crippen molar-refractivity contribution in [3.05, 3.63) is 60.1 Å². The fourth-order valence-electron chi connectivity index (χ4n) is 1.58. The van der Waals surface area contributed by atoms with Gasteiger partial charge < -0.3 is 16.2 Å². The third-order valence-electron chi connectivity index (χ3n) is 2.39. The predicted molar refractivity (Wildman–Crippen MR) is 88.2 cm³/mol. The van der Waals surface area contributed by atoms with E-state index in [1.54, 1.807) is 21.8 Å². The van der Waals surface area contributed by atoms with Gasteiger partial charge in [-0.2, -0.15) is 0 Å². The molecule has 0 fully saturated rings. The number of rotatable bonds is 1. The Kier molecular flexibility index (Phi) is 5.06. The zero-order valence-electron chi connectivity index (χ0n) is 10.2. The van der Waals surface area contributed by atoms with Gasteiger partial charge >= 0.3 is 0 Å². The second-order valence-electron chi connectivity index (χ2n) is 3.85. The number of anilines is 2. The van der Waals surface area contributed by atoms with E-state index >= 15 is 0 Å². The first-order valence-corrected chi connectivity index (χ1v) is 7.91. The molecule has 1 aliphatic heterocycles. The highest BCUT2D eigenvalue weighted by Crippen LogP contribution is 2.23. The number of hydrogen-bond acceptors (Lipinski definition) is 5. The minimum absolute atomic E-state index is 0.768. The average Bonchev–Trinajstić information content (AvgIpc) is 2.98. The van der Waals surface area contributed by atoms with E-state index in [0.717, 1.165) is 22.5 Å². The van der Waals surface area contributed by atoms with E-state index in [-0.39, 0.29) is 0 Å². The lowest BCUT2D eigenvalue weighted by Gasteiger charge is -2.03. The normalized spacial score (nSPS) is 12.4. The Bertz CT molecular complexity index is 521. The molecule has 19 heavy (non-hydrogen) atoms. The maximum absolute atomic E-state index is 5.70. The molecular weight excluding hydrogens is 274 g/mol. The summed E-state index contributed by atoms with van der Waals surface area (Å²) in [5.41, 5.74) is 15.1. The summed E-state index contributed by atoms with van der Waals surface area (Å²) in [6.45, 7) is 0. The van der Waals surface area contributed by atoms with Crippen molar-refractivity contribution >= 4 is 33.1 Å². The zero-order chi connectivity index (χ0) is 13.5. The summed E-state index contributed by atoms with van der Waals surface area (Å²) in [6.07, 6.45) is 1.91. The molecule has 0 radical (unpaired) electrons. The van der Waals surface area contributed by atoms with E-state index in [1.165, 1.54) is 0 Å². The van der Waals surface area contributed by atoms with Gasteiger partial charge in [0.25, 0.3) is 0 Å². The number of nitrogens with one attached hydrogen (secondary N) is 1. The van der Waals surface area contributed by atoms with E-state index in [4.69, 9.17) is 11.5 Å². The largest absolute Gasteiger partial charge is 0.399 e. The second-order valence-corrected chi connectivity index (χ2v) is 5.80. The molecule has 0 amide bonds. The summed E-state index contributed by atoms with van der Waals surface area (Å²) < 4.78 is 2.92. The molecule has 1 aliphatic rings. The smallest absolute Gasteiger partial charge is 0.0320 e. The molecule has 98 valence electrons. The van der Waals surface area contributed by atoms with E-state index < -0.39 is 0 Å². The van der Waals surface area contributed by atoms with Crippen molar-refractivity contribution in [3.63, 3.8) is 0 Å². The lowest BCUT2D eigenvalue weighted by atomic mass is 10.0.